The number of ether oxygens (including phenoxy) is 2. The third-order valence-corrected chi connectivity index (χ3v) is 7.31. The molecule has 1 atom stereocenters. The maximum atomic E-state index is 12.3. The highest BCUT2D eigenvalue weighted by molar-refractivity contribution is 7.99. The number of benzene rings is 1. The molecule has 3 rings (SSSR count). The molecule has 1 unspecified atom stereocenters. The van der Waals surface area contributed by atoms with Crippen LogP contribution in [0.25, 0.3) is 0 Å². The topological polar surface area (TPSA) is 55.8 Å². The number of alkyl halides is 3. The van der Waals surface area contributed by atoms with Crippen molar-refractivity contribution in [3.8, 4) is 11.5 Å². The first kappa shape index (κ1) is 18.7. The third-order valence-electron chi connectivity index (χ3n) is 4.11. The lowest BCUT2D eigenvalue weighted by atomic mass is 10.1. The fraction of sp³-hybridized carbons (Fsp3) is 0.600. The Labute approximate surface area is 148 Å². The van der Waals surface area contributed by atoms with Gasteiger partial charge in [0.15, 0.2) is 11.5 Å². The first-order chi connectivity index (χ1) is 11.7. The highest BCUT2D eigenvalue weighted by Gasteiger charge is 2.33. The molecule has 0 bridgehead atoms. The molecule has 25 heavy (non-hydrogen) atoms. The predicted molar refractivity (Wildman–Crippen MR) is 88.4 cm³/mol. The molecule has 1 saturated heterocycles. The van der Waals surface area contributed by atoms with Crippen LogP contribution in [0.2, 0.25) is 0 Å². The van der Waals surface area contributed by atoms with Crippen LogP contribution in [0.3, 0.4) is 0 Å². The second kappa shape index (κ2) is 7.24. The summed E-state index contributed by atoms with van der Waals surface area (Å²) in [5.41, 5.74) is 1.00. The van der Waals surface area contributed by atoms with E-state index in [1.165, 1.54) is 4.31 Å². The fourth-order valence-electron chi connectivity index (χ4n) is 2.78. The molecule has 0 radical (unpaired) electrons. The van der Waals surface area contributed by atoms with E-state index in [1.807, 2.05) is 18.2 Å². The Bertz CT molecular complexity index is 724. The molecule has 0 spiro atoms. The summed E-state index contributed by atoms with van der Waals surface area (Å²) in [6.07, 6.45) is -5.25. The summed E-state index contributed by atoms with van der Waals surface area (Å²) in [5, 5.41) is 0.0670. The van der Waals surface area contributed by atoms with E-state index in [2.05, 4.69) is 0 Å². The number of nitrogens with zero attached hydrogens (tertiary/aromatic N) is 1. The van der Waals surface area contributed by atoms with Crippen LogP contribution in [-0.2, 0) is 10.0 Å². The molecule has 1 aromatic carbocycles. The summed E-state index contributed by atoms with van der Waals surface area (Å²) in [6.45, 7) is 0.625. The van der Waals surface area contributed by atoms with E-state index in [0.717, 1.165) is 5.56 Å². The summed E-state index contributed by atoms with van der Waals surface area (Å²) in [6, 6.07) is 5.62. The van der Waals surface area contributed by atoms with Gasteiger partial charge in [-0.15, -0.1) is 0 Å². The van der Waals surface area contributed by atoms with Crippen molar-refractivity contribution in [3.05, 3.63) is 23.8 Å². The summed E-state index contributed by atoms with van der Waals surface area (Å²) in [7, 11) is -3.90. The number of fused-ring (bicyclic) bond motifs is 1. The van der Waals surface area contributed by atoms with Crippen LogP contribution < -0.4 is 9.47 Å². The molecule has 2 aliphatic heterocycles. The van der Waals surface area contributed by atoms with Crippen LogP contribution in [0.15, 0.2) is 18.2 Å². The van der Waals surface area contributed by atoms with Gasteiger partial charge in [0.2, 0.25) is 16.8 Å². The van der Waals surface area contributed by atoms with Crippen LogP contribution in [-0.4, -0.2) is 50.3 Å². The Morgan fingerprint density at radius 1 is 1.20 bits per heavy atom. The smallest absolute Gasteiger partial charge is 0.390 e. The summed E-state index contributed by atoms with van der Waals surface area (Å²) in [5.74, 6) is 0.982. The number of halogens is 3. The zero-order chi connectivity index (χ0) is 18.1. The minimum Gasteiger partial charge on any atom is -0.454 e. The zero-order valence-electron chi connectivity index (χ0n) is 13.3. The van der Waals surface area contributed by atoms with Crippen molar-refractivity contribution in [1.29, 1.82) is 0 Å². The van der Waals surface area contributed by atoms with E-state index in [4.69, 9.17) is 9.47 Å². The normalized spacial score (nSPS) is 22.0. The molecule has 1 fully saturated rings. The van der Waals surface area contributed by atoms with E-state index in [0.29, 0.717) is 23.7 Å². The van der Waals surface area contributed by atoms with Gasteiger partial charge in [0.1, 0.15) is 0 Å². The summed E-state index contributed by atoms with van der Waals surface area (Å²) >= 11 is 1.60. The molecular formula is C15H18F3NO4S2. The number of hydrogen-bond donors (Lipinski definition) is 0. The molecule has 2 heterocycles. The number of rotatable bonds is 4. The van der Waals surface area contributed by atoms with Crippen LogP contribution in [0.1, 0.15) is 23.7 Å². The van der Waals surface area contributed by atoms with Crippen molar-refractivity contribution < 1.29 is 31.1 Å². The number of sulfonamides is 1. The van der Waals surface area contributed by atoms with E-state index in [1.54, 1.807) is 11.8 Å². The van der Waals surface area contributed by atoms with Gasteiger partial charge in [-0.1, -0.05) is 6.07 Å². The average molecular weight is 397 g/mol. The Kier molecular flexibility index (Phi) is 5.40. The molecule has 0 amide bonds. The lowest BCUT2D eigenvalue weighted by molar-refractivity contribution is -0.130. The van der Waals surface area contributed by atoms with Crippen LogP contribution in [0.5, 0.6) is 11.5 Å². The highest BCUT2D eigenvalue weighted by Crippen LogP contribution is 2.40. The van der Waals surface area contributed by atoms with Gasteiger partial charge in [-0.2, -0.15) is 24.9 Å². The van der Waals surface area contributed by atoms with Crippen molar-refractivity contribution in [2.75, 3.05) is 31.4 Å². The predicted octanol–water partition coefficient (Wildman–Crippen LogP) is 3.18. The van der Waals surface area contributed by atoms with Crippen LogP contribution in [0.4, 0.5) is 13.2 Å². The quantitative estimate of drug-likeness (QED) is 0.781. The molecule has 10 heteroatoms. The zero-order valence-corrected chi connectivity index (χ0v) is 14.9. The second-order valence-corrected chi connectivity index (χ2v) is 9.24. The Balaban J connectivity index is 1.64. The van der Waals surface area contributed by atoms with E-state index in [9.17, 15) is 21.6 Å². The minimum absolute atomic E-state index is 0.0670. The molecular weight excluding hydrogens is 379 g/mol. The van der Waals surface area contributed by atoms with Crippen molar-refractivity contribution in [3.63, 3.8) is 0 Å². The van der Waals surface area contributed by atoms with E-state index >= 15 is 0 Å². The lowest BCUT2D eigenvalue weighted by Gasteiger charge is -2.20. The van der Waals surface area contributed by atoms with Gasteiger partial charge in [0.05, 0.1) is 12.2 Å². The van der Waals surface area contributed by atoms with Gasteiger partial charge in [0, 0.05) is 24.1 Å². The Morgan fingerprint density at radius 2 is 1.96 bits per heavy atom. The molecule has 0 aliphatic carbocycles. The fourth-order valence-corrected chi connectivity index (χ4v) is 5.62. The van der Waals surface area contributed by atoms with Gasteiger partial charge in [-0.05, 0) is 24.1 Å². The first-order valence-electron chi connectivity index (χ1n) is 7.80. The maximum absolute atomic E-state index is 12.3. The van der Waals surface area contributed by atoms with E-state index < -0.39 is 28.4 Å². The average Bonchev–Trinajstić information content (AvgIpc) is 2.86. The van der Waals surface area contributed by atoms with Gasteiger partial charge < -0.3 is 9.47 Å². The summed E-state index contributed by atoms with van der Waals surface area (Å²) in [4.78, 5) is 0. The molecule has 140 valence electrons. The Morgan fingerprint density at radius 3 is 2.72 bits per heavy atom. The largest absolute Gasteiger partial charge is 0.454 e. The van der Waals surface area contributed by atoms with E-state index in [-0.39, 0.29) is 25.1 Å². The van der Waals surface area contributed by atoms with Gasteiger partial charge in [0.25, 0.3) is 0 Å². The highest BCUT2D eigenvalue weighted by atomic mass is 32.2. The Hall–Kier alpha value is -1.13. The molecule has 0 N–H and O–H groups in total. The molecule has 0 saturated carbocycles. The summed E-state index contributed by atoms with van der Waals surface area (Å²) < 4.78 is 73.1. The molecule has 5 nitrogen and oxygen atoms in total. The minimum atomic E-state index is -4.47. The van der Waals surface area contributed by atoms with Crippen molar-refractivity contribution in [1.82, 2.24) is 4.31 Å². The van der Waals surface area contributed by atoms with Crippen molar-refractivity contribution in [2.45, 2.75) is 24.3 Å². The van der Waals surface area contributed by atoms with Crippen molar-refractivity contribution >= 4 is 21.8 Å². The van der Waals surface area contributed by atoms with Crippen LogP contribution >= 0.6 is 11.8 Å². The third kappa shape index (κ3) is 4.73. The molecule has 1 aromatic rings. The maximum Gasteiger partial charge on any atom is 0.390 e. The van der Waals surface area contributed by atoms with Crippen molar-refractivity contribution in [2.24, 2.45) is 0 Å². The molecule has 2 aliphatic rings. The monoisotopic (exact) mass is 397 g/mol. The van der Waals surface area contributed by atoms with Crippen LogP contribution in [0, 0.1) is 0 Å². The number of thioether (sulfide) groups is 1. The second-order valence-electron chi connectivity index (χ2n) is 5.84. The van der Waals surface area contributed by atoms with Gasteiger partial charge in [-0.3, -0.25) is 0 Å². The SMILES string of the molecule is O=S(=O)(CCC(F)(F)F)N1CCSC(c2ccc3c(c2)OCO3)CC1. The lowest BCUT2D eigenvalue weighted by Crippen LogP contribution is -2.36. The molecule has 0 aromatic heterocycles. The van der Waals surface area contributed by atoms with Gasteiger partial charge in [-0.25, -0.2) is 12.7 Å². The number of hydrogen-bond acceptors (Lipinski definition) is 5. The first-order valence-corrected chi connectivity index (χ1v) is 10.5. The van der Waals surface area contributed by atoms with Gasteiger partial charge >= 0.3 is 6.18 Å². The standard InChI is InChI=1S/C15H18F3NO4S2/c16-15(17,18)4-8-25(20,21)19-5-3-14(24-7-6-19)11-1-2-12-13(9-11)23-10-22-12/h1-2,9,14H,3-8,10H2.